The number of rotatable bonds is 2. The van der Waals surface area contributed by atoms with Crippen LogP contribution in [0.1, 0.15) is 5.56 Å². The Balaban J connectivity index is 1.89. The SMILES string of the molecule is Nc1ccc2c(c1)N(Cc1ccc(Cl)c(F)c1)CCS2. The van der Waals surface area contributed by atoms with Crippen LogP contribution in [0.15, 0.2) is 41.3 Å². The summed E-state index contributed by atoms with van der Waals surface area (Å²) < 4.78 is 13.5. The molecule has 0 radical (unpaired) electrons. The van der Waals surface area contributed by atoms with Crippen LogP contribution < -0.4 is 10.6 Å². The Morgan fingerprint density at radius 1 is 1.25 bits per heavy atom. The molecule has 3 rings (SSSR count). The molecule has 2 nitrogen and oxygen atoms in total. The van der Waals surface area contributed by atoms with E-state index >= 15 is 0 Å². The second-order valence-electron chi connectivity index (χ2n) is 4.75. The summed E-state index contributed by atoms with van der Waals surface area (Å²) in [4.78, 5) is 3.45. The Bertz CT molecular complexity index is 648. The summed E-state index contributed by atoms with van der Waals surface area (Å²) in [6.45, 7) is 1.58. The fraction of sp³-hybridized carbons (Fsp3) is 0.200. The van der Waals surface area contributed by atoms with Gasteiger partial charge in [0.2, 0.25) is 0 Å². The van der Waals surface area contributed by atoms with Crippen molar-refractivity contribution in [2.24, 2.45) is 0 Å². The Hall–Kier alpha value is -1.39. The molecule has 0 unspecified atom stereocenters. The van der Waals surface area contributed by atoms with Crippen molar-refractivity contribution in [1.29, 1.82) is 0 Å². The highest BCUT2D eigenvalue weighted by Crippen LogP contribution is 2.36. The van der Waals surface area contributed by atoms with Gasteiger partial charge in [-0.05, 0) is 35.9 Å². The minimum Gasteiger partial charge on any atom is -0.399 e. The van der Waals surface area contributed by atoms with Crippen LogP contribution in [0.5, 0.6) is 0 Å². The zero-order valence-corrected chi connectivity index (χ0v) is 12.3. The van der Waals surface area contributed by atoms with Gasteiger partial charge in [-0.25, -0.2) is 4.39 Å². The molecule has 1 aliphatic rings. The monoisotopic (exact) mass is 308 g/mol. The Kier molecular flexibility index (Phi) is 3.76. The second kappa shape index (κ2) is 5.54. The molecule has 5 heteroatoms. The molecule has 0 spiro atoms. The smallest absolute Gasteiger partial charge is 0.142 e. The summed E-state index contributed by atoms with van der Waals surface area (Å²) in [5.41, 5.74) is 8.65. The van der Waals surface area contributed by atoms with Crippen molar-refractivity contribution in [3.8, 4) is 0 Å². The molecule has 0 saturated heterocycles. The van der Waals surface area contributed by atoms with E-state index in [0.29, 0.717) is 6.54 Å². The van der Waals surface area contributed by atoms with Crippen molar-refractivity contribution in [2.75, 3.05) is 22.9 Å². The molecule has 1 aliphatic heterocycles. The van der Waals surface area contributed by atoms with Gasteiger partial charge in [-0.15, -0.1) is 11.8 Å². The molecular weight excluding hydrogens is 295 g/mol. The minimum atomic E-state index is -0.372. The third-order valence-corrected chi connectivity index (χ3v) is 4.65. The average Bonchev–Trinajstić information content (AvgIpc) is 2.44. The number of anilines is 2. The van der Waals surface area contributed by atoms with E-state index in [1.165, 1.54) is 11.0 Å². The summed E-state index contributed by atoms with van der Waals surface area (Å²) in [6, 6.07) is 10.9. The lowest BCUT2D eigenvalue weighted by Gasteiger charge is -2.31. The first-order valence-corrected chi connectivity index (χ1v) is 7.71. The van der Waals surface area contributed by atoms with Crippen LogP contribution in [0, 0.1) is 5.82 Å². The predicted octanol–water partition coefficient (Wildman–Crippen LogP) is 4.17. The number of halogens is 2. The Morgan fingerprint density at radius 2 is 2.10 bits per heavy atom. The molecule has 2 aromatic carbocycles. The maximum absolute atomic E-state index is 13.5. The highest BCUT2D eigenvalue weighted by molar-refractivity contribution is 7.99. The topological polar surface area (TPSA) is 29.3 Å². The molecule has 0 atom stereocenters. The van der Waals surface area contributed by atoms with Crippen LogP contribution >= 0.6 is 23.4 Å². The minimum absolute atomic E-state index is 0.160. The second-order valence-corrected chi connectivity index (χ2v) is 6.29. The highest BCUT2D eigenvalue weighted by atomic mass is 35.5. The third-order valence-electron chi connectivity index (χ3n) is 3.30. The third kappa shape index (κ3) is 2.72. The molecule has 0 aliphatic carbocycles. The lowest BCUT2D eigenvalue weighted by atomic mass is 10.1. The maximum Gasteiger partial charge on any atom is 0.142 e. The maximum atomic E-state index is 13.5. The number of nitrogen functional groups attached to an aromatic ring is 1. The number of nitrogens with zero attached hydrogens (tertiary/aromatic N) is 1. The highest BCUT2D eigenvalue weighted by Gasteiger charge is 2.18. The van der Waals surface area contributed by atoms with Crippen molar-refractivity contribution in [2.45, 2.75) is 11.4 Å². The van der Waals surface area contributed by atoms with Gasteiger partial charge in [0.15, 0.2) is 0 Å². The van der Waals surface area contributed by atoms with Crippen molar-refractivity contribution >= 4 is 34.7 Å². The number of fused-ring (bicyclic) bond motifs is 1. The van der Waals surface area contributed by atoms with E-state index in [1.807, 2.05) is 36.0 Å². The molecular formula is C15H14ClFN2S. The van der Waals surface area contributed by atoms with Gasteiger partial charge < -0.3 is 10.6 Å². The zero-order valence-electron chi connectivity index (χ0n) is 10.8. The number of hydrogen-bond acceptors (Lipinski definition) is 3. The first-order valence-electron chi connectivity index (χ1n) is 6.35. The summed E-state index contributed by atoms with van der Waals surface area (Å²) in [7, 11) is 0. The number of thioether (sulfide) groups is 1. The molecule has 0 bridgehead atoms. The van der Waals surface area contributed by atoms with E-state index in [1.54, 1.807) is 6.07 Å². The van der Waals surface area contributed by atoms with Gasteiger partial charge in [-0.3, -0.25) is 0 Å². The van der Waals surface area contributed by atoms with Gasteiger partial charge in [-0.1, -0.05) is 17.7 Å². The van der Waals surface area contributed by atoms with Crippen molar-refractivity contribution in [3.63, 3.8) is 0 Å². The van der Waals surface area contributed by atoms with Gasteiger partial charge in [0.25, 0.3) is 0 Å². The Morgan fingerprint density at radius 3 is 2.90 bits per heavy atom. The number of nitrogens with two attached hydrogens (primary N) is 1. The predicted molar refractivity (Wildman–Crippen MR) is 84.0 cm³/mol. The average molecular weight is 309 g/mol. The van der Waals surface area contributed by atoms with Crippen LogP contribution in [-0.2, 0) is 6.54 Å². The van der Waals surface area contributed by atoms with E-state index in [0.717, 1.165) is 29.2 Å². The van der Waals surface area contributed by atoms with E-state index in [9.17, 15) is 4.39 Å². The van der Waals surface area contributed by atoms with E-state index in [4.69, 9.17) is 17.3 Å². The molecule has 0 fully saturated rings. The van der Waals surface area contributed by atoms with Gasteiger partial charge in [0, 0.05) is 29.4 Å². The van der Waals surface area contributed by atoms with Crippen molar-refractivity contribution in [1.82, 2.24) is 0 Å². The lowest BCUT2D eigenvalue weighted by molar-refractivity contribution is 0.625. The van der Waals surface area contributed by atoms with E-state index < -0.39 is 0 Å². The standard InChI is InChI=1S/C15H14ClFN2S/c16-12-3-1-10(7-13(12)17)9-19-5-6-20-15-4-2-11(18)8-14(15)19/h1-4,7-8H,5-6,9,18H2. The summed E-state index contributed by atoms with van der Waals surface area (Å²) in [6.07, 6.45) is 0. The first kappa shape index (κ1) is 13.6. The van der Waals surface area contributed by atoms with Gasteiger partial charge in [0.1, 0.15) is 5.82 Å². The van der Waals surface area contributed by atoms with Crippen LogP contribution in [0.4, 0.5) is 15.8 Å². The van der Waals surface area contributed by atoms with E-state index in [2.05, 4.69) is 4.90 Å². The van der Waals surface area contributed by atoms with Crippen molar-refractivity contribution < 1.29 is 4.39 Å². The normalized spacial score (nSPS) is 14.2. The summed E-state index contributed by atoms with van der Waals surface area (Å²) in [5.74, 6) is 0.649. The Labute approximate surface area is 126 Å². The quantitative estimate of drug-likeness (QED) is 0.844. The molecule has 0 amide bonds. The van der Waals surface area contributed by atoms with E-state index in [-0.39, 0.29) is 10.8 Å². The molecule has 20 heavy (non-hydrogen) atoms. The molecule has 1 heterocycles. The summed E-state index contributed by atoms with van der Waals surface area (Å²) in [5, 5.41) is 0.160. The largest absolute Gasteiger partial charge is 0.399 e. The molecule has 2 aromatic rings. The van der Waals surface area contributed by atoms with Gasteiger partial charge in [-0.2, -0.15) is 0 Å². The number of benzene rings is 2. The van der Waals surface area contributed by atoms with Crippen LogP contribution in [0.25, 0.3) is 0 Å². The lowest BCUT2D eigenvalue weighted by Crippen LogP contribution is -2.28. The molecule has 104 valence electrons. The summed E-state index contributed by atoms with van der Waals surface area (Å²) >= 11 is 7.54. The number of hydrogen-bond donors (Lipinski definition) is 1. The van der Waals surface area contributed by atoms with Gasteiger partial charge >= 0.3 is 0 Å². The van der Waals surface area contributed by atoms with Crippen LogP contribution in [0.3, 0.4) is 0 Å². The van der Waals surface area contributed by atoms with Crippen LogP contribution in [0.2, 0.25) is 5.02 Å². The van der Waals surface area contributed by atoms with Crippen molar-refractivity contribution in [3.05, 3.63) is 52.8 Å². The molecule has 2 N–H and O–H groups in total. The zero-order chi connectivity index (χ0) is 14.1. The van der Waals surface area contributed by atoms with Gasteiger partial charge in [0.05, 0.1) is 10.7 Å². The molecule has 0 saturated carbocycles. The van der Waals surface area contributed by atoms with Crippen LogP contribution in [-0.4, -0.2) is 12.3 Å². The first-order chi connectivity index (χ1) is 9.63. The fourth-order valence-corrected chi connectivity index (χ4v) is 3.46. The molecule has 0 aromatic heterocycles. The fourth-order valence-electron chi connectivity index (χ4n) is 2.31.